The topological polar surface area (TPSA) is 40.5 Å². The predicted octanol–water partition coefficient (Wildman–Crippen LogP) is 3.78. The molecule has 0 aromatic heterocycles. The molecule has 98 valence electrons. The van der Waals surface area contributed by atoms with Gasteiger partial charge in [-0.3, -0.25) is 0 Å². The van der Waals surface area contributed by atoms with Crippen LogP contribution in [0, 0.1) is 0 Å². The van der Waals surface area contributed by atoms with Gasteiger partial charge in [-0.25, -0.2) is 4.79 Å². The first-order chi connectivity index (χ1) is 8.45. The molecule has 0 atom stereocenters. The Morgan fingerprint density at radius 1 is 1.50 bits per heavy atom. The van der Waals surface area contributed by atoms with Gasteiger partial charge in [0.1, 0.15) is 0 Å². The Kier molecular flexibility index (Phi) is 5.41. The summed E-state index contributed by atoms with van der Waals surface area (Å²) in [6.07, 6.45) is 2.80. The number of aliphatic carboxylic acids is 1. The fourth-order valence-electron chi connectivity index (χ4n) is 1.88. The van der Waals surface area contributed by atoms with Crippen LogP contribution in [0.5, 0.6) is 0 Å². The number of nitrogens with zero attached hydrogens (tertiary/aromatic N) is 1. The molecule has 0 aliphatic heterocycles. The zero-order valence-corrected chi connectivity index (χ0v) is 12.4. The number of carboxylic acids is 1. The van der Waals surface area contributed by atoms with Crippen molar-refractivity contribution in [2.45, 2.75) is 26.8 Å². The first-order valence-corrected chi connectivity index (χ1v) is 6.72. The lowest BCUT2D eigenvalue weighted by Gasteiger charge is -2.29. The maximum absolute atomic E-state index is 10.6. The smallest absolute Gasteiger partial charge is 0.328 e. The molecule has 4 heteroatoms. The lowest BCUT2D eigenvalue weighted by Crippen LogP contribution is -2.30. The fourth-order valence-corrected chi connectivity index (χ4v) is 2.23. The molecule has 0 aliphatic carbocycles. The average molecular weight is 312 g/mol. The predicted molar refractivity (Wildman–Crippen MR) is 79.0 cm³/mol. The average Bonchev–Trinajstić information content (AvgIpc) is 2.28. The summed E-state index contributed by atoms with van der Waals surface area (Å²) in [4.78, 5) is 12.8. The number of benzene rings is 1. The summed E-state index contributed by atoms with van der Waals surface area (Å²) >= 11 is 3.46. The van der Waals surface area contributed by atoms with Crippen LogP contribution in [-0.4, -0.2) is 23.7 Å². The van der Waals surface area contributed by atoms with E-state index in [0.717, 1.165) is 22.3 Å². The number of halogens is 1. The Morgan fingerprint density at radius 2 is 2.17 bits per heavy atom. The molecule has 1 N–H and O–H groups in total. The van der Waals surface area contributed by atoms with E-state index in [0.29, 0.717) is 6.04 Å². The van der Waals surface area contributed by atoms with Crippen molar-refractivity contribution in [3.05, 3.63) is 34.3 Å². The van der Waals surface area contributed by atoms with Gasteiger partial charge in [0.25, 0.3) is 0 Å². The molecule has 3 nitrogen and oxygen atoms in total. The number of carboxylic acid groups (broad SMARTS) is 1. The van der Waals surface area contributed by atoms with Gasteiger partial charge in [-0.15, -0.1) is 0 Å². The molecule has 0 saturated heterocycles. The molecular weight excluding hydrogens is 294 g/mol. The van der Waals surface area contributed by atoms with Gasteiger partial charge in [-0.1, -0.05) is 22.0 Å². The summed E-state index contributed by atoms with van der Waals surface area (Å²) in [5, 5.41) is 8.72. The van der Waals surface area contributed by atoms with E-state index < -0.39 is 5.97 Å². The maximum Gasteiger partial charge on any atom is 0.328 e. The van der Waals surface area contributed by atoms with Gasteiger partial charge in [0.15, 0.2) is 0 Å². The Bertz CT molecular complexity index is 455. The highest BCUT2D eigenvalue weighted by molar-refractivity contribution is 9.10. The van der Waals surface area contributed by atoms with Crippen LogP contribution in [0.1, 0.15) is 26.3 Å². The van der Waals surface area contributed by atoms with Crippen molar-refractivity contribution >= 4 is 33.7 Å². The second-order valence-electron chi connectivity index (χ2n) is 4.25. The molecule has 1 rings (SSSR count). The molecule has 0 amide bonds. The van der Waals surface area contributed by atoms with Crippen LogP contribution < -0.4 is 4.90 Å². The number of carbonyl (C=O) groups is 1. The van der Waals surface area contributed by atoms with Crippen LogP contribution in [0.25, 0.3) is 6.08 Å². The van der Waals surface area contributed by atoms with Crippen molar-refractivity contribution in [2.75, 3.05) is 11.4 Å². The van der Waals surface area contributed by atoms with E-state index >= 15 is 0 Å². The molecule has 1 aromatic carbocycles. The van der Waals surface area contributed by atoms with Crippen molar-refractivity contribution in [3.63, 3.8) is 0 Å². The van der Waals surface area contributed by atoms with Crippen LogP contribution in [0.15, 0.2) is 28.7 Å². The monoisotopic (exact) mass is 311 g/mol. The van der Waals surface area contributed by atoms with Crippen molar-refractivity contribution in [2.24, 2.45) is 0 Å². The van der Waals surface area contributed by atoms with E-state index in [1.165, 1.54) is 6.08 Å². The summed E-state index contributed by atoms with van der Waals surface area (Å²) in [6.45, 7) is 7.21. The highest BCUT2D eigenvalue weighted by atomic mass is 79.9. The molecule has 0 unspecified atom stereocenters. The van der Waals surface area contributed by atoms with Crippen LogP contribution >= 0.6 is 15.9 Å². The van der Waals surface area contributed by atoms with Crippen molar-refractivity contribution in [3.8, 4) is 0 Å². The van der Waals surface area contributed by atoms with Crippen LogP contribution in [0.3, 0.4) is 0 Å². The molecule has 0 fully saturated rings. The van der Waals surface area contributed by atoms with Crippen LogP contribution in [-0.2, 0) is 4.79 Å². The number of rotatable bonds is 5. The van der Waals surface area contributed by atoms with E-state index in [2.05, 4.69) is 41.6 Å². The van der Waals surface area contributed by atoms with E-state index in [-0.39, 0.29) is 0 Å². The SMILES string of the molecule is CCN(c1cc(Br)ccc1/C=C/C(=O)O)C(C)C. The number of hydrogen-bond donors (Lipinski definition) is 1. The minimum atomic E-state index is -0.934. The lowest BCUT2D eigenvalue weighted by molar-refractivity contribution is -0.131. The summed E-state index contributed by atoms with van der Waals surface area (Å²) in [7, 11) is 0. The van der Waals surface area contributed by atoms with E-state index in [1.807, 2.05) is 18.2 Å². The Hall–Kier alpha value is -1.29. The third-order valence-corrected chi connectivity index (χ3v) is 3.16. The molecule has 0 bridgehead atoms. The molecule has 0 saturated carbocycles. The minimum Gasteiger partial charge on any atom is -0.478 e. The van der Waals surface area contributed by atoms with Gasteiger partial charge in [0.2, 0.25) is 0 Å². The van der Waals surface area contributed by atoms with Crippen molar-refractivity contribution in [1.29, 1.82) is 0 Å². The fraction of sp³-hybridized carbons (Fsp3) is 0.357. The number of hydrogen-bond acceptors (Lipinski definition) is 2. The lowest BCUT2D eigenvalue weighted by atomic mass is 10.1. The molecule has 0 spiro atoms. The number of anilines is 1. The second-order valence-corrected chi connectivity index (χ2v) is 5.17. The molecule has 0 aliphatic rings. The second kappa shape index (κ2) is 6.59. The summed E-state index contributed by atoms with van der Waals surface area (Å²) in [5.74, 6) is -0.934. The largest absolute Gasteiger partial charge is 0.478 e. The van der Waals surface area contributed by atoms with Gasteiger partial charge in [0, 0.05) is 28.8 Å². The van der Waals surface area contributed by atoms with Gasteiger partial charge in [-0.05, 0) is 44.5 Å². The van der Waals surface area contributed by atoms with Crippen molar-refractivity contribution < 1.29 is 9.90 Å². The minimum absolute atomic E-state index is 0.362. The quantitative estimate of drug-likeness (QED) is 0.841. The van der Waals surface area contributed by atoms with Crippen molar-refractivity contribution in [1.82, 2.24) is 0 Å². The Morgan fingerprint density at radius 3 is 2.67 bits per heavy atom. The summed E-state index contributed by atoms with van der Waals surface area (Å²) in [6, 6.07) is 6.22. The molecule has 0 radical (unpaired) electrons. The Balaban J connectivity index is 3.22. The zero-order valence-electron chi connectivity index (χ0n) is 10.9. The molecule has 18 heavy (non-hydrogen) atoms. The van der Waals surface area contributed by atoms with Gasteiger partial charge < -0.3 is 10.0 Å². The Labute approximate surface area is 116 Å². The van der Waals surface area contributed by atoms with Gasteiger partial charge >= 0.3 is 5.97 Å². The van der Waals surface area contributed by atoms with E-state index in [1.54, 1.807) is 6.08 Å². The van der Waals surface area contributed by atoms with E-state index in [9.17, 15) is 4.79 Å². The third kappa shape index (κ3) is 3.88. The standard InChI is InChI=1S/C14H18BrNO2/c1-4-16(10(2)3)13-9-12(15)7-5-11(13)6-8-14(17)18/h5-10H,4H2,1-3H3,(H,17,18)/b8-6+. The highest BCUT2D eigenvalue weighted by Gasteiger charge is 2.12. The molecular formula is C14H18BrNO2. The summed E-state index contributed by atoms with van der Waals surface area (Å²) < 4.78 is 0.990. The first kappa shape index (κ1) is 14.8. The van der Waals surface area contributed by atoms with Crippen LogP contribution in [0.2, 0.25) is 0 Å². The maximum atomic E-state index is 10.6. The summed E-state index contributed by atoms with van der Waals surface area (Å²) in [5.41, 5.74) is 1.95. The van der Waals surface area contributed by atoms with Gasteiger partial charge in [0.05, 0.1) is 0 Å². The normalized spacial score (nSPS) is 11.2. The zero-order chi connectivity index (χ0) is 13.7. The highest BCUT2D eigenvalue weighted by Crippen LogP contribution is 2.27. The van der Waals surface area contributed by atoms with Crippen LogP contribution in [0.4, 0.5) is 5.69 Å². The molecule has 0 heterocycles. The van der Waals surface area contributed by atoms with Gasteiger partial charge in [-0.2, -0.15) is 0 Å². The first-order valence-electron chi connectivity index (χ1n) is 5.93. The molecule has 1 aromatic rings. The van der Waals surface area contributed by atoms with E-state index in [4.69, 9.17) is 5.11 Å². The third-order valence-electron chi connectivity index (χ3n) is 2.67.